The third-order valence-corrected chi connectivity index (χ3v) is 3.65. The minimum Gasteiger partial charge on any atom is -0.297 e. The lowest BCUT2D eigenvalue weighted by Crippen LogP contribution is -2.33. The number of nitrogens with one attached hydrogen (secondary N) is 1. The zero-order valence-corrected chi connectivity index (χ0v) is 11.3. The molecule has 17 heavy (non-hydrogen) atoms. The van der Waals surface area contributed by atoms with Crippen molar-refractivity contribution in [3.8, 4) is 5.69 Å². The van der Waals surface area contributed by atoms with Crippen molar-refractivity contribution in [2.45, 2.75) is 0 Å². The van der Waals surface area contributed by atoms with Crippen LogP contribution >= 0.6 is 39.1 Å². The molecule has 0 aliphatic rings. The van der Waals surface area contributed by atoms with Gasteiger partial charge in [-0.05, 0) is 28.1 Å². The number of benzene rings is 1. The molecule has 0 aliphatic heterocycles. The van der Waals surface area contributed by atoms with Crippen molar-refractivity contribution < 1.29 is 0 Å². The first-order valence-electron chi connectivity index (χ1n) is 4.47. The maximum Gasteiger partial charge on any atom is 0.334 e. The van der Waals surface area contributed by atoms with E-state index in [0.717, 1.165) is 10.6 Å². The molecule has 0 bridgehead atoms. The van der Waals surface area contributed by atoms with Gasteiger partial charge in [0.1, 0.15) is 5.15 Å². The van der Waals surface area contributed by atoms with Gasteiger partial charge in [-0.15, -0.1) is 0 Å². The Labute approximate surface area is 114 Å². The molecule has 7 heteroatoms. The van der Waals surface area contributed by atoms with E-state index in [-0.39, 0.29) is 5.15 Å². The van der Waals surface area contributed by atoms with Crippen LogP contribution in [0.25, 0.3) is 5.69 Å². The topological polar surface area (TPSA) is 54.9 Å². The van der Waals surface area contributed by atoms with Crippen LogP contribution in [0.5, 0.6) is 0 Å². The smallest absolute Gasteiger partial charge is 0.297 e. The van der Waals surface area contributed by atoms with Crippen LogP contribution in [-0.4, -0.2) is 9.55 Å². The highest BCUT2D eigenvalue weighted by atomic mass is 79.9. The quantitative estimate of drug-likeness (QED) is 0.814. The van der Waals surface area contributed by atoms with E-state index in [1.54, 1.807) is 18.2 Å². The summed E-state index contributed by atoms with van der Waals surface area (Å²) in [6, 6.07) is 6.00. The standard InChI is InChI=1S/C10H5BrCl2N2O2/c11-9-5(12)2-1-3-6(9)15-8(16)4-7(13)14-10(15)17/h1-4H,(H,14,17). The second-order valence-electron chi connectivity index (χ2n) is 3.17. The Morgan fingerprint density at radius 3 is 2.59 bits per heavy atom. The first kappa shape index (κ1) is 12.4. The third kappa shape index (κ3) is 2.31. The molecular weight excluding hydrogens is 331 g/mol. The van der Waals surface area contributed by atoms with Crippen LogP contribution in [0.1, 0.15) is 0 Å². The average molecular weight is 336 g/mol. The Morgan fingerprint density at radius 1 is 1.24 bits per heavy atom. The molecule has 0 spiro atoms. The molecule has 1 N–H and O–H groups in total. The minimum absolute atomic E-state index is 0.00518. The number of hydrogen-bond donors (Lipinski definition) is 1. The van der Waals surface area contributed by atoms with E-state index < -0.39 is 11.2 Å². The monoisotopic (exact) mass is 334 g/mol. The van der Waals surface area contributed by atoms with Crippen molar-refractivity contribution in [1.29, 1.82) is 0 Å². The summed E-state index contributed by atoms with van der Waals surface area (Å²) < 4.78 is 1.42. The second-order valence-corrected chi connectivity index (χ2v) is 4.78. The van der Waals surface area contributed by atoms with Crippen molar-refractivity contribution in [2.75, 3.05) is 0 Å². The van der Waals surface area contributed by atoms with Crippen molar-refractivity contribution in [1.82, 2.24) is 9.55 Å². The van der Waals surface area contributed by atoms with Crippen LogP contribution in [-0.2, 0) is 0 Å². The van der Waals surface area contributed by atoms with Crippen LogP contribution in [0.4, 0.5) is 0 Å². The molecule has 1 heterocycles. The van der Waals surface area contributed by atoms with Crippen molar-refractivity contribution in [2.24, 2.45) is 0 Å². The van der Waals surface area contributed by atoms with Crippen molar-refractivity contribution in [3.05, 3.63) is 59.8 Å². The maximum atomic E-state index is 11.7. The average Bonchev–Trinajstić information content (AvgIpc) is 2.23. The summed E-state index contributed by atoms with van der Waals surface area (Å²) in [5.41, 5.74) is -0.785. The van der Waals surface area contributed by atoms with Gasteiger partial charge in [-0.3, -0.25) is 9.78 Å². The van der Waals surface area contributed by atoms with Gasteiger partial charge >= 0.3 is 5.69 Å². The normalized spacial score (nSPS) is 10.5. The van der Waals surface area contributed by atoms with Crippen LogP contribution in [0.15, 0.2) is 38.3 Å². The predicted octanol–water partition coefficient (Wildman–Crippen LogP) is 2.60. The molecular formula is C10H5BrCl2N2O2. The Morgan fingerprint density at radius 2 is 1.94 bits per heavy atom. The number of nitrogens with zero attached hydrogens (tertiary/aromatic N) is 1. The maximum absolute atomic E-state index is 11.7. The van der Waals surface area contributed by atoms with E-state index in [0.29, 0.717) is 15.2 Å². The highest BCUT2D eigenvalue weighted by Gasteiger charge is 2.11. The molecule has 88 valence electrons. The van der Waals surface area contributed by atoms with Crippen LogP contribution in [0.2, 0.25) is 10.2 Å². The summed E-state index contributed by atoms with van der Waals surface area (Å²) in [5.74, 6) is 0. The van der Waals surface area contributed by atoms with Gasteiger partial charge in [0.2, 0.25) is 0 Å². The van der Waals surface area contributed by atoms with E-state index in [1.165, 1.54) is 0 Å². The number of H-pyrrole nitrogens is 1. The SMILES string of the molecule is O=c1cc(Cl)[nH]c(=O)n1-c1cccc(Cl)c1Br. The Balaban J connectivity index is 2.83. The molecule has 1 aromatic carbocycles. The van der Waals surface area contributed by atoms with E-state index in [9.17, 15) is 9.59 Å². The van der Waals surface area contributed by atoms with Gasteiger partial charge < -0.3 is 0 Å². The lowest BCUT2D eigenvalue weighted by molar-refractivity contribution is 0.872. The summed E-state index contributed by atoms with van der Waals surface area (Å²) in [4.78, 5) is 25.7. The molecule has 0 atom stereocenters. The minimum atomic E-state index is -0.620. The molecule has 0 saturated heterocycles. The van der Waals surface area contributed by atoms with Crippen molar-refractivity contribution in [3.63, 3.8) is 0 Å². The lowest BCUT2D eigenvalue weighted by Gasteiger charge is -2.07. The number of hydrogen-bond acceptors (Lipinski definition) is 2. The first-order valence-corrected chi connectivity index (χ1v) is 6.02. The largest absolute Gasteiger partial charge is 0.334 e. The molecule has 0 amide bonds. The van der Waals surface area contributed by atoms with Gasteiger partial charge in [0.25, 0.3) is 5.56 Å². The lowest BCUT2D eigenvalue weighted by atomic mass is 10.3. The van der Waals surface area contributed by atoms with Gasteiger partial charge in [-0.1, -0.05) is 29.3 Å². The fourth-order valence-electron chi connectivity index (χ4n) is 1.36. The molecule has 2 aromatic rings. The van der Waals surface area contributed by atoms with Gasteiger partial charge in [-0.2, -0.15) is 0 Å². The van der Waals surface area contributed by atoms with E-state index in [4.69, 9.17) is 23.2 Å². The number of halogens is 3. The molecule has 2 rings (SSSR count). The van der Waals surface area contributed by atoms with Gasteiger partial charge in [0, 0.05) is 6.07 Å². The predicted molar refractivity (Wildman–Crippen MR) is 70.4 cm³/mol. The zero-order chi connectivity index (χ0) is 12.6. The molecule has 0 aliphatic carbocycles. The molecule has 0 unspecified atom stereocenters. The molecule has 0 fully saturated rings. The first-order chi connectivity index (χ1) is 8.00. The fraction of sp³-hybridized carbons (Fsp3) is 0. The summed E-state index contributed by atoms with van der Waals surface area (Å²) in [6.07, 6.45) is 0. The summed E-state index contributed by atoms with van der Waals surface area (Å²) in [7, 11) is 0. The van der Waals surface area contributed by atoms with Gasteiger partial charge in [-0.25, -0.2) is 9.36 Å². The fourth-order valence-corrected chi connectivity index (χ4v) is 2.15. The summed E-state index contributed by atoms with van der Waals surface area (Å²) in [5, 5.41) is 0.401. The van der Waals surface area contributed by atoms with Crippen LogP contribution in [0, 0.1) is 0 Å². The Hall–Kier alpha value is -1.04. The highest BCUT2D eigenvalue weighted by Crippen LogP contribution is 2.27. The number of rotatable bonds is 1. The number of aromatic amines is 1. The Bertz CT molecular complexity index is 662. The van der Waals surface area contributed by atoms with E-state index in [1.807, 2.05) is 0 Å². The van der Waals surface area contributed by atoms with E-state index >= 15 is 0 Å². The molecule has 4 nitrogen and oxygen atoms in total. The Kier molecular flexibility index (Phi) is 3.42. The highest BCUT2D eigenvalue weighted by molar-refractivity contribution is 9.10. The zero-order valence-electron chi connectivity index (χ0n) is 8.21. The molecule has 1 aromatic heterocycles. The van der Waals surface area contributed by atoms with Crippen molar-refractivity contribution >= 4 is 39.1 Å². The van der Waals surface area contributed by atoms with Gasteiger partial charge in [0.05, 0.1) is 15.2 Å². The molecule has 0 radical (unpaired) electrons. The third-order valence-electron chi connectivity index (χ3n) is 2.07. The second kappa shape index (κ2) is 4.68. The van der Waals surface area contributed by atoms with Crippen LogP contribution in [0.3, 0.4) is 0 Å². The molecule has 0 saturated carbocycles. The number of aromatic nitrogens is 2. The summed E-state index contributed by atoms with van der Waals surface area (Å²) >= 11 is 14.7. The van der Waals surface area contributed by atoms with E-state index in [2.05, 4.69) is 20.9 Å². The summed E-state index contributed by atoms with van der Waals surface area (Å²) in [6.45, 7) is 0. The van der Waals surface area contributed by atoms with Gasteiger partial charge in [0.15, 0.2) is 0 Å². The van der Waals surface area contributed by atoms with Crippen LogP contribution < -0.4 is 11.2 Å².